The average molecular weight is 513 g/mol. The summed E-state index contributed by atoms with van der Waals surface area (Å²) < 4.78 is 7.15. The van der Waals surface area contributed by atoms with Gasteiger partial charge in [-0.1, -0.05) is 47.5 Å². The number of halogens is 2. The van der Waals surface area contributed by atoms with E-state index < -0.39 is 0 Å². The molecular weight excluding hydrogens is 487 g/mol. The molecule has 35 heavy (non-hydrogen) atoms. The molecule has 7 nitrogen and oxygen atoms in total. The van der Waals surface area contributed by atoms with Crippen molar-refractivity contribution in [3.63, 3.8) is 0 Å². The average Bonchev–Trinajstić information content (AvgIpc) is 3.48. The van der Waals surface area contributed by atoms with Gasteiger partial charge >= 0.3 is 0 Å². The van der Waals surface area contributed by atoms with Gasteiger partial charge in [-0.2, -0.15) is 5.10 Å². The highest BCUT2D eigenvalue weighted by Crippen LogP contribution is 2.33. The fourth-order valence-electron chi connectivity index (χ4n) is 4.10. The maximum atomic E-state index is 13.6. The summed E-state index contributed by atoms with van der Waals surface area (Å²) in [6.45, 7) is 0.351. The summed E-state index contributed by atoms with van der Waals surface area (Å²) in [6.07, 6.45) is 2.48. The lowest BCUT2D eigenvalue weighted by Gasteiger charge is -2.27. The van der Waals surface area contributed by atoms with E-state index in [4.69, 9.17) is 33.0 Å². The number of benzene rings is 2. The van der Waals surface area contributed by atoms with Gasteiger partial charge < -0.3 is 14.2 Å². The predicted molar refractivity (Wildman–Crippen MR) is 137 cm³/mol. The van der Waals surface area contributed by atoms with E-state index in [2.05, 4.69) is 0 Å². The first kappa shape index (κ1) is 25.0. The molecule has 1 aromatic heterocycles. The van der Waals surface area contributed by atoms with E-state index in [0.717, 1.165) is 17.0 Å². The lowest BCUT2D eigenvalue weighted by atomic mass is 10.0. The minimum absolute atomic E-state index is 0.165. The maximum absolute atomic E-state index is 13.6. The second-order valence-corrected chi connectivity index (χ2v) is 9.10. The van der Waals surface area contributed by atoms with Gasteiger partial charge in [-0.05, 0) is 42.0 Å². The van der Waals surface area contributed by atoms with Crippen molar-refractivity contribution in [1.29, 1.82) is 0 Å². The van der Waals surface area contributed by atoms with Gasteiger partial charge in [0.25, 0.3) is 11.8 Å². The number of ether oxygens (including phenoxy) is 1. The number of hydrogen-bond acceptors (Lipinski definition) is 4. The van der Waals surface area contributed by atoms with E-state index >= 15 is 0 Å². The summed E-state index contributed by atoms with van der Waals surface area (Å²) in [4.78, 5) is 28.3. The number of rotatable bonds is 8. The molecule has 0 N–H and O–H groups in total. The van der Waals surface area contributed by atoms with Crippen molar-refractivity contribution in [3.05, 3.63) is 93.7 Å². The molecule has 0 bridgehead atoms. The van der Waals surface area contributed by atoms with Gasteiger partial charge in [0.15, 0.2) is 0 Å². The van der Waals surface area contributed by atoms with Crippen molar-refractivity contribution in [2.75, 3.05) is 26.8 Å². The first-order valence-electron chi connectivity index (χ1n) is 11.2. The van der Waals surface area contributed by atoms with Crippen LogP contribution in [0.5, 0.6) is 0 Å². The van der Waals surface area contributed by atoms with Gasteiger partial charge in [-0.25, -0.2) is 5.01 Å². The van der Waals surface area contributed by atoms with Crippen molar-refractivity contribution < 1.29 is 14.3 Å². The molecule has 2 heterocycles. The number of aryl methyl sites for hydroxylation is 1. The molecule has 4 rings (SSSR count). The molecule has 1 aliphatic heterocycles. The topological polar surface area (TPSA) is 67.1 Å². The monoisotopic (exact) mass is 512 g/mol. The molecule has 0 radical (unpaired) electrons. The maximum Gasteiger partial charge on any atom is 0.262 e. The molecule has 0 unspecified atom stereocenters. The predicted octanol–water partition coefficient (Wildman–Crippen LogP) is 4.80. The molecule has 1 atom stereocenters. The van der Waals surface area contributed by atoms with Gasteiger partial charge in [-0.3, -0.25) is 9.59 Å². The molecule has 2 amide bonds. The van der Waals surface area contributed by atoms with Crippen LogP contribution in [0.3, 0.4) is 0 Å². The second-order valence-electron chi connectivity index (χ2n) is 8.26. The zero-order chi connectivity index (χ0) is 24.9. The summed E-state index contributed by atoms with van der Waals surface area (Å²) in [5.41, 5.74) is 2.98. The molecule has 9 heteroatoms. The van der Waals surface area contributed by atoms with Gasteiger partial charge in [0.1, 0.15) is 6.54 Å². The van der Waals surface area contributed by atoms with Crippen molar-refractivity contribution >= 4 is 40.7 Å². The first-order chi connectivity index (χ1) is 16.9. The Labute approximate surface area is 214 Å². The van der Waals surface area contributed by atoms with Crippen LogP contribution in [-0.2, 0) is 16.6 Å². The molecule has 0 saturated carbocycles. The van der Waals surface area contributed by atoms with E-state index in [0.29, 0.717) is 22.0 Å². The van der Waals surface area contributed by atoms with Crippen LogP contribution in [0.1, 0.15) is 34.1 Å². The zero-order valence-electron chi connectivity index (χ0n) is 19.5. The Morgan fingerprint density at radius 1 is 1.09 bits per heavy atom. The molecule has 3 aromatic rings. The Morgan fingerprint density at radius 2 is 1.83 bits per heavy atom. The summed E-state index contributed by atoms with van der Waals surface area (Å²) in [5, 5.41) is 7.13. The highest BCUT2D eigenvalue weighted by atomic mass is 35.5. The largest absolute Gasteiger partial charge is 0.383 e. The number of carbonyl (C=O) groups is 2. The number of nitrogens with zero attached hydrogens (tertiary/aromatic N) is 4. The van der Waals surface area contributed by atoms with Crippen molar-refractivity contribution in [2.24, 2.45) is 12.1 Å². The number of amides is 2. The molecule has 2 aromatic carbocycles. The van der Waals surface area contributed by atoms with Gasteiger partial charge in [0.2, 0.25) is 0 Å². The Morgan fingerprint density at radius 3 is 2.49 bits per heavy atom. The quantitative estimate of drug-likeness (QED) is 0.435. The first-order valence-corrected chi connectivity index (χ1v) is 11.9. The SMILES string of the molecule is COCCN(CC(=O)N1N=C(c2cccn2C)C[C@H]1c1ccc(Cl)cc1)C(=O)c1ccccc1Cl. The van der Waals surface area contributed by atoms with Crippen LogP contribution in [0.15, 0.2) is 72.0 Å². The third-order valence-electron chi connectivity index (χ3n) is 5.94. The number of carbonyl (C=O) groups excluding carboxylic acids is 2. The highest BCUT2D eigenvalue weighted by Gasteiger charge is 2.35. The highest BCUT2D eigenvalue weighted by molar-refractivity contribution is 6.33. The Bertz CT molecular complexity index is 1240. The van der Waals surface area contributed by atoms with Crippen molar-refractivity contribution in [2.45, 2.75) is 12.5 Å². The van der Waals surface area contributed by atoms with E-state index in [-0.39, 0.29) is 37.6 Å². The molecule has 0 aliphatic carbocycles. The lowest BCUT2D eigenvalue weighted by Crippen LogP contribution is -2.42. The molecule has 0 spiro atoms. The molecule has 0 saturated heterocycles. The standard InChI is InChI=1S/C26H26Cl2N4O3/c1-30-13-5-8-23(30)22-16-24(18-9-11-19(27)12-10-18)32(29-22)25(33)17-31(14-15-35-2)26(34)20-6-3-4-7-21(20)28/h3-13,24H,14-17H2,1-2H3/t24-/m0/s1. The van der Waals surface area contributed by atoms with Crippen LogP contribution < -0.4 is 0 Å². The van der Waals surface area contributed by atoms with E-state index in [9.17, 15) is 9.59 Å². The van der Waals surface area contributed by atoms with Crippen molar-refractivity contribution in [1.82, 2.24) is 14.5 Å². The van der Waals surface area contributed by atoms with Gasteiger partial charge in [0.05, 0.1) is 34.6 Å². The minimum atomic E-state index is -0.338. The van der Waals surface area contributed by atoms with Crippen molar-refractivity contribution in [3.8, 4) is 0 Å². The van der Waals surface area contributed by atoms with E-state index in [1.54, 1.807) is 43.5 Å². The van der Waals surface area contributed by atoms with E-state index in [1.165, 1.54) is 9.91 Å². The Kier molecular flexibility index (Phi) is 7.90. The van der Waals surface area contributed by atoms with E-state index in [1.807, 2.05) is 42.1 Å². The third-order valence-corrected chi connectivity index (χ3v) is 6.52. The normalized spacial score (nSPS) is 15.3. The second kappa shape index (κ2) is 11.1. The molecule has 182 valence electrons. The fourth-order valence-corrected chi connectivity index (χ4v) is 4.44. The van der Waals surface area contributed by atoms with Gasteiger partial charge in [0, 0.05) is 38.3 Å². The minimum Gasteiger partial charge on any atom is -0.383 e. The number of aromatic nitrogens is 1. The Hall–Kier alpha value is -3.13. The fraction of sp³-hybridized carbons (Fsp3) is 0.269. The van der Waals surface area contributed by atoms with Crippen LogP contribution in [0.4, 0.5) is 0 Å². The summed E-state index contributed by atoms with van der Waals surface area (Å²) in [7, 11) is 3.49. The van der Waals surface area contributed by atoms with Crippen LogP contribution in [0, 0.1) is 0 Å². The van der Waals surface area contributed by atoms with Crippen LogP contribution in [0.25, 0.3) is 0 Å². The number of hydrazone groups is 1. The smallest absolute Gasteiger partial charge is 0.262 e. The molecule has 0 fully saturated rings. The number of hydrogen-bond donors (Lipinski definition) is 0. The number of methoxy groups -OCH3 is 1. The Balaban J connectivity index is 1.63. The summed E-state index contributed by atoms with van der Waals surface area (Å²) >= 11 is 12.4. The summed E-state index contributed by atoms with van der Waals surface area (Å²) in [5.74, 6) is -0.638. The summed E-state index contributed by atoms with van der Waals surface area (Å²) in [6, 6.07) is 17.8. The molecular formula is C26H26Cl2N4O3. The third kappa shape index (κ3) is 5.59. The van der Waals surface area contributed by atoms with Gasteiger partial charge in [-0.15, -0.1) is 0 Å². The zero-order valence-corrected chi connectivity index (χ0v) is 21.0. The lowest BCUT2D eigenvalue weighted by molar-refractivity contribution is -0.133. The van der Waals surface area contributed by atoms with Crippen LogP contribution in [0.2, 0.25) is 10.0 Å². The van der Waals surface area contributed by atoms with Crippen LogP contribution >= 0.6 is 23.2 Å². The molecule has 1 aliphatic rings. The van der Waals surface area contributed by atoms with Crippen LogP contribution in [-0.4, -0.2) is 58.8 Å².